The molecule has 0 aromatic carbocycles. The Morgan fingerprint density at radius 3 is 2.16 bits per heavy atom. The van der Waals surface area contributed by atoms with Crippen LogP contribution in [0.5, 0.6) is 0 Å². The summed E-state index contributed by atoms with van der Waals surface area (Å²) < 4.78 is 31.1. The van der Waals surface area contributed by atoms with Crippen LogP contribution in [-0.4, -0.2) is 68.4 Å². The summed E-state index contributed by atoms with van der Waals surface area (Å²) in [6.45, 7) is 9.73. The summed E-state index contributed by atoms with van der Waals surface area (Å²) in [4.78, 5) is 6.41. The molecule has 0 N–H and O–H groups in total. The summed E-state index contributed by atoms with van der Waals surface area (Å²) in [5.74, 6) is 2.30. The van der Waals surface area contributed by atoms with Gasteiger partial charge in [-0.05, 0) is 32.0 Å². The zero-order valence-electron chi connectivity index (χ0n) is 18.5. The van der Waals surface area contributed by atoms with Gasteiger partial charge in [-0.15, -0.1) is 10.2 Å². The van der Waals surface area contributed by atoms with Crippen molar-refractivity contribution < 1.29 is 8.42 Å². The van der Waals surface area contributed by atoms with Gasteiger partial charge in [0.1, 0.15) is 5.82 Å². The van der Waals surface area contributed by atoms with Gasteiger partial charge in [-0.1, -0.05) is 13.8 Å². The minimum absolute atomic E-state index is 0.112. The second kappa shape index (κ2) is 8.04. The number of rotatable bonds is 5. The molecule has 0 aliphatic carbocycles. The van der Waals surface area contributed by atoms with Gasteiger partial charge in [0.05, 0.1) is 5.69 Å². The average Bonchev–Trinajstić information content (AvgIpc) is 3.30. The van der Waals surface area contributed by atoms with E-state index >= 15 is 0 Å². The third-order valence-electron chi connectivity index (χ3n) is 5.44. The highest BCUT2D eigenvalue weighted by molar-refractivity contribution is 7.89. The van der Waals surface area contributed by atoms with E-state index in [4.69, 9.17) is 0 Å². The number of imidazole rings is 1. The number of hydrogen-bond donors (Lipinski definition) is 0. The molecule has 1 aliphatic heterocycles. The van der Waals surface area contributed by atoms with Gasteiger partial charge in [0.2, 0.25) is 0 Å². The lowest BCUT2D eigenvalue weighted by Crippen LogP contribution is -2.49. The Kier molecular flexibility index (Phi) is 5.56. The number of anilines is 1. The predicted octanol–water partition coefficient (Wildman–Crippen LogP) is 1.65. The molecule has 4 rings (SSSR count). The van der Waals surface area contributed by atoms with Gasteiger partial charge in [-0.25, -0.2) is 18.1 Å². The van der Waals surface area contributed by atoms with E-state index < -0.39 is 10.0 Å². The zero-order valence-corrected chi connectivity index (χ0v) is 19.3. The van der Waals surface area contributed by atoms with Crippen LogP contribution < -0.4 is 4.90 Å². The molecule has 11 heteroatoms. The Bertz CT molecular complexity index is 1170. The van der Waals surface area contributed by atoms with E-state index in [1.54, 1.807) is 15.4 Å². The first-order valence-corrected chi connectivity index (χ1v) is 11.8. The van der Waals surface area contributed by atoms with Gasteiger partial charge in [-0.3, -0.25) is 0 Å². The Labute approximate surface area is 182 Å². The second-order valence-electron chi connectivity index (χ2n) is 8.18. The van der Waals surface area contributed by atoms with Crippen molar-refractivity contribution in [2.45, 2.75) is 38.6 Å². The summed E-state index contributed by atoms with van der Waals surface area (Å²) in [5.41, 5.74) is 1.92. The quantitative estimate of drug-likeness (QED) is 0.589. The summed E-state index contributed by atoms with van der Waals surface area (Å²) in [6, 6.07) is 5.77. The fourth-order valence-electron chi connectivity index (χ4n) is 3.86. The van der Waals surface area contributed by atoms with Gasteiger partial charge in [0.25, 0.3) is 10.0 Å². The van der Waals surface area contributed by atoms with E-state index in [9.17, 15) is 8.42 Å². The molecule has 166 valence electrons. The van der Waals surface area contributed by atoms with Crippen LogP contribution in [0.2, 0.25) is 0 Å². The van der Waals surface area contributed by atoms with Crippen LogP contribution in [0, 0.1) is 13.8 Å². The standard InChI is InChI=1S/C20H28N8O2S/c1-14(2)20-21-19(13-25(20)5)31(29,30)27-10-8-26(9-11-27)17-6-7-18(23-22-17)28-16(4)12-15(3)24-28/h6-7,12-14H,8-11H2,1-5H3. The normalized spacial score (nSPS) is 15.7. The molecule has 31 heavy (non-hydrogen) atoms. The maximum absolute atomic E-state index is 13.0. The number of hydrogen-bond acceptors (Lipinski definition) is 7. The van der Waals surface area contributed by atoms with Gasteiger partial charge in [0.15, 0.2) is 16.7 Å². The van der Waals surface area contributed by atoms with Gasteiger partial charge in [0, 0.05) is 51.0 Å². The van der Waals surface area contributed by atoms with Crippen LogP contribution in [0.3, 0.4) is 0 Å². The first-order valence-electron chi connectivity index (χ1n) is 10.3. The summed E-state index contributed by atoms with van der Waals surface area (Å²) in [7, 11) is -1.79. The molecule has 0 atom stereocenters. The topological polar surface area (TPSA) is 102 Å². The first kappa shape index (κ1) is 21.4. The Balaban J connectivity index is 1.45. The molecule has 1 saturated heterocycles. The van der Waals surface area contributed by atoms with Crippen LogP contribution in [0.25, 0.3) is 5.82 Å². The monoisotopic (exact) mass is 444 g/mol. The Morgan fingerprint density at radius 1 is 1.00 bits per heavy atom. The maximum Gasteiger partial charge on any atom is 0.262 e. The van der Waals surface area contributed by atoms with Crippen LogP contribution in [0.1, 0.15) is 37.0 Å². The molecule has 0 amide bonds. The molecule has 0 spiro atoms. The van der Waals surface area contributed by atoms with Crippen molar-refractivity contribution in [3.8, 4) is 5.82 Å². The van der Waals surface area contributed by atoms with Crippen LogP contribution >= 0.6 is 0 Å². The average molecular weight is 445 g/mol. The minimum Gasteiger partial charge on any atom is -0.352 e. The van der Waals surface area contributed by atoms with E-state index in [2.05, 4.69) is 20.3 Å². The fraction of sp³-hybridized carbons (Fsp3) is 0.500. The van der Waals surface area contributed by atoms with Crippen LogP contribution in [0.4, 0.5) is 5.82 Å². The smallest absolute Gasteiger partial charge is 0.262 e. The van der Waals surface area contributed by atoms with E-state index in [1.165, 1.54) is 4.31 Å². The highest BCUT2D eigenvalue weighted by Crippen LogP contribution is 2.22. The van der Waals surface area contributed by atoms with Gasteiger partial charge >= 0.3 is 0 Å². The molecule has 0 radical (unpaired) electrons. The van der Waals surface area contributed by atoms with Crippen molar-refractivity contribution >= 4 is 15.8 Å². The number of aromatic nitrogens is 6. The van der Waals surface area contributed by atoms with Crippen molar-refractivity contribution in [3.05, 3.63) is 41.6 Å². The largest absolute Gasteiger partial charge is 0.352 e. The third kappa shape index (κ3) is 4.07. The molecule has 0 unspecified atom stereocenters. The number of sulfonamides is 1. The molecule has 4 heterocycles. The Morgan fingerprint density at radius 2 is 1.65 bits per heavy atom. The van der Waals surface area contributed by atoms with Crippen LogP contribution in [-0.2, 0) is 17.1 Å². The van der Waals surface area contributed by atoms with E-state index in [-0.39, 0.29) is 10.9 Å². The van der Waals surface area contributed by atoms with Crippen molar-refractivity contribution in [2.75, 3.05) is 31.1 Å². The molecule has 0 bridgehead atoms. The first-order chi connectivity index (χ1) is 14.7. The minimum atomic E-state index is -3.62. The molecule has 3 aromatic rings. The summed E-state index contributed by atoms with van der Waals surface area (Å²) in [6.07, 6.45) is 1.60. The lowest BCUT2D eigenvalue weighted by Gasteiger charge is -2.33. The number of piperazine rings is 1. The van der Waals surface area contributed by atoms with Gasteiger partial charge in [-0.2, -0.15) is 9.40 Å². The fourth-order valence-corrected chi connectivity index (χ4v) is 5.27. The molecule has 10 nitrogen and oxygen atoms in total. The lowest BCUT2D eigenvalue weighted by molar-refractivity contribution is 0.382. The zero-order chi connectivity index (χ0) is 22.3. The SMILES string of the molecule is Cc1cc(C)n(-c2ccc(N3CCN(S(=O)(=O)c4cn(C)c(C(C)C)n4)CC3)nn2)n1. The van der Waals surface area contributed by atoms with Crippen molar-refractivity contribution in [2.24, 2.45) is 7.05 Å². The predicted molar refractivity (Wildman–Crippen MR) is 117 cm³/mol. The van der Waals surface area contributed by atoms with E-state index in [1.807, 2.05) is 57.8 Å². The highest BCUT2D eigenvalue weighted by Gasteiger charge is 2.31. The van der Waals surface area contributed by atoms with E-state index in [0.717, 1.165) is 23.0 Å². The molecule has 3 aromatic heterocycles. The second-order valence-corrected chi connectivity index (χ2v) is 10.1. The number of nitrogens with zero attached hydrogens (tertiary/aromatic N) is 8. The van der Waals surface area contributed by atoms with Crippen molar-refractivity contribution in [1.82, 2.24) is 33.8 Å². The summed E-state index contributed by atoms with van der Waals surface area (Å²) in [5, 5.41) is 13.2. The molecule has 0 saturated carbocycles. The van der Waals surface area contributed by atoms with Crippen molar-refractivity contribution in [3.63, 3.8) is 0 Å². The maximum atomic E-state index is 13.0. The van der Waals surface area contributed by atoms with Gasteiger partial charge < -0.3 is 9.47 Å². The molecule has 1 aliphatic rings. The van der Waals surface area contributed by atoms with Crippen LogP contribution in [0.15, 0.2) is 29.4 Å². The molecule has 1 fully saturated rings. The highest BCUT2D eigenvalue weighted by atomic mass is 32.2. The Hall–Kier alpha value is -2.79. The van der Waals surface area contributed by atoms with Crippen molar-refractivity contribution in [1.29, 1.82) is 0 Å². The molecular formula is C20H28N8O2S. The lowest BCUT2D eigenvalue weighted by atomic mass is 10.2. The number of aryl methyl sites for hydroxylation is 3. The summed E-state index contributed by atoms with van der Waals surface area (Å²) >= 11 is 0. The molecular weight excluding hydrogens is 416 g/mol. The third-order valence-corrected chi connectivity index (χ3v) is 7.21. The van der Waals surface area contributed by atoms with E-state index in [0.29, 0.717) is 32.0 Å².